The first-order valence-corrected chi connectivity index (χ1v) is 7.68. The van der Waals surface area contributed by atoms with E-state index in [-0.39, 0.29) is 18.1 Å². The lowest BCUT2D eigenvalue weighted by atomic mass is 10.1. The lowest BCUT2D eigenvalue weighted by Crippen LogP contribution is -2.53. The molecule has 0 spiro atoms. The van der Waals surface area contributed by atoms with Crippen molar-refractivity contribution >= 4 is 17.4 Å². The fourth-order valence-corrected chi connectivity index (χ4v) is 2.70. The average molecular weight is 306 g/mol. The van der Waals surface area contributed by atoms with E-state index in [9.17, 15) is 4.79 Å². The Labute approximate surface area is 130 Å². The van der Waals surface area contributed by atoms with Gasteiger partial charge >= 0.3 is 0 Å². The Balaban J connectivity index is 1.59. The summed E-state index contributed by atoms with van der Waals surface area (Å²) in [4.78, 5) is 18.8. The Morgan fingerprint density at radius 1 is 1.36 bits per heavy atom. The third-order valence-corrected chi connectivity index (χ3v) is 3.97. The minimum Gasteiger partial charge on any atom is -0.378 e. The van der Waals surface area contributed by atoms with Crippen molar-refractivity contribution in [3.63, 3.8) is 0 Å². The number of carbonyl (C=O) groups excluding carboxylic acids is 1. The summed E-state index contributed by atoms with van der Waals surface area (Å²) in [5.74, 6) is 0.445. The molecule has 0 saturated carbocycles. The molecule has 3 heterocycles. The van der Waals surface area contributed by atoms with E-state index in [1.165, 1.54) is 0 Å². The van der Waals surface area contributed by atoms with Crippen LogP contribution in [-0.4, -0.2) is 62.5 Å². The summed E-state index contributed by atoms with van der Waals surface area (Å²) < 4.78 is 10.8. The van der Waals surface area contributed by atoms with Crippen molar-refractivity contribution in [2.75, 3.05) is 49.7 Å². The largest absolute Gasteiger partial charge is 0.378 e. The fourth-order valence-electron chi connectivity index (χ4n) is 2.70. The molecule has 2 atom stereocenters. The normalized spacial score (nSPS) is 25.8. The van der Waals surface area contributed by atoms with Crippen LogP contribution in [0.5, 0.6) is 0 Å². The summed E-state index contributed by atoms with van der Waals surface area (Å²) in [5, 5.41) is 6.00. The van der Waals surface area contributed by atoms with E-state index in [1.54, 1.807) is 6.20 Å². The fraction of sp³-hybridized carbons (Fsp3) is 0.600. The van der Waals surface area contributed by atoms with Crippen molar-refractivity contribution in [1.29, 1.82) is 0 Å². The first-order chi connectivity index (χ1) is 10.7. The van der Waals surface area contributed by atoms with Crippen LogP contribution in [0.15, 0.2) is 18.3 Å². The van der Waals surface area contributed by atoms with Gasteiger partial charge in [-0.3, -0.25) is 4.79 Å². The van der Waals surface area contributed by atoms with Crippen molar-refractivity contribution < 1.29 is 14.3 Å². The van der Waals surface area contributed by atoms with Crippen LogP contribution in [-0.2, 0) is 14.3 Å². The standard InChI is InChI=1S/C15H22N4O3/c1-11-14(16-4-7-22-11)15(20)18-13-3-2-12(10-17-13)19-5-8-21-9-6-19/h2-3,10-11,14,16H,4-9H2,1H3,(H,17,18,20)/t11-,14+/m1/s1. The van der Waals surface area contributed by atoms with E-state index in [0.717, 1.165) is 32.0 Å². The minimum atomic E-state index is -0.338. The van der Waals surface area contributed by atoms with E-state index in [0.29, 0.717) is 19.0 Å². The number of aromatic nitrogens is 1. The summed E-state index contributed by atoms with van der Waals surface area (Å²) in [6.07, 6.45) is 1.65. The van der Waals surface area contributed by atoms with Crippen LogP contribution in [0.2, 0.25) is 0 Å². The van der Waals surface area contributed by atoms with Crippen molar-refractivity contribution in [2.45, 2.75) is 19.1 Å². The van der Waals surface area contributed by atoms with Crippen molar-refractivity contribution in [3.05, 3.63) is 18.3 Å². The Kier molecular flexibility index (Phi) is 4.87. The molecule has 1 amide bonds. The van der Waals surface area contributed by atoms with Crippen molar-refractivity contribution in [3.8, 4) is 0 Å². The van der Waals surface area contributed by atoms with Gasteiger partial charge in [0.1, 0.15) is 11.9 Å². The predicted molar refractivity (Wildman–Crippen MR) is 83.1 cm³/mol. The maximum atomic E-state index is 12.2. The second-order valence-electron chi connectivity index (χ2n) is 5.50. The molecule has 1 aromatic heterocycles. The molecule has 7 nitrogen and oxygen atoms in total. The van der Waals surface area contributed by atoms with Crippen LogP contribution >= 0.6 is 0 Å². The Morgan fingerprint density at radius 2 is 2.18 bits per heavy atom. The highest BCUT2D eigenvalue weighted by molar-refractivity contribution is 5.94. The number of carbonyl (C=O) groups is 1. The summed E-state index contributed by atoms with van der Waals surface area (Å²) in [7, 11) is 0. The van der Waals surface area contributed by atoms with E-state index in [1.807, 2.05) is 19.1 Å². The van der Waals surface area contributed by atoms with Crippen LogP contribution in [0.3, 0.4) is 0 Å². The van der Waals surface area contributed by atoms with Gasteiger partial charge in [-0.15, -0.1) is 0 Å². The molecule has 3 rings (SSSR count). The van der Waals surface area contributed by atoms with Gasteiger partial charge in [-0.05, 0) is 19.1 Å². The molecule has 120 valence electrons. The molecule has 22 heavy (non-hydrogen) atoms. The van der Waals surface area contributed by atoms with Gasteiger partial charge in [-0.2, -0.15) is 0 Å². The molecule has 0 bridgehead atoms. The zero-order chi connectivity index (χ0) is 15.4. The summed E-state index contributed by atoms with van der Waals surface area (Å²) in [6, 6.07) is 3.47. The van der Waals surface area contributed by atoms with E-state index in [2.05, 4.69) is 20.5 Å². The van der Waals surface area contributed by atoms with Crippen LogP contribution in [0, 0.1) is 0 Å². The van der Waals surface area contributed by atoms with Gasteiger partial charge in [-0.25, -0.2) is 4.98 Å². The number of nitrogens with zero attached hydrogens (tertiary/aromatic N) is 2. The van der Waals surface area contributed by atoms with Gasteiger partial charge in [-0.1, -0.05) is 0 Å². The molecule has 0 aliphatic carbocycles. The number of amides is 1. The summed E-state index contributed by atoms with van der Waals surface area (Å²) >= 11 is 0. The van der Waals surface area contributed by atoms with Crippen LogP contribution in [0.25, 0.3) is 0 Å². The highest BCUT2D eigenvalue weighted by atomic mass is 16.5. The highest BCUT2D eigenvalue weighted by Gasteiger charge is 2.28. The number of hydrogen-bond donors (Lipinski definition) is 2. The second kappa shape index (κ2) is 7.04. The zero-order valence-electron chi connectivity index (χ0n) is 12.7. The zero-order valence-corrected chi connectivity index (χ0v) is 12.7. The van der Waals surface area contributed by atoms with Gasteiger partial charge in [0.2, 0.25) is 5.91 Å². The lowest BCUT2D eigenvalue weighted by molar-refractivity contribution is -0.123. The molecule has 2 N–H and O–H groups in total. The molecule has 0 unspecified atom stereocenters. The first kappa shape index (κ1) is 15.2. The monoisotopic (exact) mass is 306 g/mol. The number of ether oxygens (including phenoxy) is 2. The summed E-state index contributed by atoms with van der Waals surface area (Å²) in [5.41, 5.74) is 1.05. The maximum Gasteiger partial charge on any atom is 0.245 e. The third-order valence-electron chi connectivity index (χ3n) is 3.97. The Morgan fingerprint density at radius 3 is 2.86 bits per heavy atom. The number of morpholine rings is 2. The third kappa shape index (κ3) is 3.55. The molecule has 2 aliphatic rings. The lowest BCUT2D eigenvalue weighted by Gasteiger charge is -2.29. The molecular formula is C15H22N4O3. The van der Waals surface area contributed by atoms with Crippen LogP contribution in [0.4, 0.5) is 11.5 Å². The summed E-state index contributed by atoms with van der Waals surface area (Å²) in [6.45, 7) is 6.44. The minimum absolute atomic E-state index is 0.112. The smallest absolute Gasteiger partial charge is 0.245 e. The number of rotatable bonds is 3. The quantitative estimate of drug-likeness (QED) is 0.833. The number of nitrogens with one attached hydrogen (secondary N) is 2. The SMILES string of the molecule is C[C@H]1OCCN[C@@H]1C(=O)Nc1ccc(N2CCOCC2)cn1. The van der Waals surface area contributed by atoms with E-state index >= 15 is 0 Å². The van der Waals surface area contributed by atoms with E-state index < -0.39 is 0 Å². The average Bonchev–Trinajstić information content (AvgIpc) is 2.57. The van der Waals surface area contributed by atoms with Gasteiger partial charge in [0.25, 0.3) is 0 Å². The number of anilines is 2. The Hall–Kier alpha value is -1.70. The topological polar surface area (TPSA) is 75.7 Å². The molecule has 2 saturated heterocycles. The van der Waals surface area contributed by atoms with Crippen LogP contribution in [0.1, 0.15) is 6.92 Å². The molecule has 0 radical (unpaired) electrons. The second-order valence-corrected chi connectivity index (χ2v) is 5.50. The van der Waals surface area contributed by atoms with Crippen molar-refractivity contribution in [1.82, 2.24) is 10.3 Å². The van der Waals surface area contributed by atoms with Crippen molar-refractivity contribution in [2.24, 2.45) is 0 Å². The predicted octanol–water partition coefficient (Wildman–Crippen LogP) is 0.234. The highest BCUT2D eigenvalue weighted by Crippen LogP contribution is 2.17. The number of pyridine rings is 1. The Bertz CT molecular complexity index is 502. The van der Waals surface area contributed by atoms with E-state index in [4.69, 9.17) is 9.47 Å². The van der Waals surface area contributed by atoms with Gasteiger partial charge in [0.05, 0.1) is 37.8 Å². The molecule has 2 fully saturated rings. The maximum absolute atomic E-state index is 12.2. The molecule has 1 aromatic rings. The molecular weight excluding hydrogens is 284 g/mol. The van der Waals surface area contributed by atoms with Gasteiger partial charge in [0.15, 0.2) is 0 Å². The van der Waals surface area contributed by atoms with Gasteiger partial charge < -0.3 is 25.0 Å². The van der Waals surface area contributed by atoms with Crippen LogP contribution < -0.4 is 15.5 Å². The number of hydrogen-bond acceptors (Lipinski definition) is 6. The molecule has 2 aliphatic heterocycles. The first-order valence-electron chi connectivity index (χ1n) is 7.68. The molecule has 7 heteroatoms. The molecule has 0 aromatic carbocycles. The van der Waals surface area contributed by atoms with Gasteiger partial charge in [0, 0.05) is 19.6 Å².